The molecule has 2 aromatic rings. The predicted molar refractivity (Wildman–Crippen MR) is 126 cm³/mol. The van der Waals surface area contributed by atoms with Crippen LogP contribution in [0.1, 0.15) is 30.5 Å². The number of amides is 3. The first-order valence-corrected chi connectivity index (χ1v) is 11.0. The summed E-state index contributed by atoms with van der Waals surface area (Å²) in [7, 11) is 1.54. The Hall–Kier alpha value is -3.26. The molecule has 0 aromatic heterocycles. The Morgan fingerprint density at radius 3 is 2.44 bits per heavy atom. The van der Waals surface area contributed by atoms with Gasteiger partial charge in [0, 0.05) is 5.69 Å². The quantitative estimate of drug-likeness (QED) is 0.607. The van der Waals surface area contributed by atoms with Crippen molar-refractivity contribution in [3.63, 3.8) is 0 Å². The first-order valence-electron chi connectivity index (χ1n) is 10.2. The van der Waals surface area contributed by atoms with Crippen molar-refractivity contribution in [1.29, 1.82) is 0 Å². The number of ether oxygens (including phenoxy) is 2. The fourth-order valence-electron chi connectivity index (χ4n) is 3.25. The van der Waals surface area contributed by atoms with E-state index in [4.69, 9.17) is 9.47 Å². The molecule has 168 valence electrons. The van der Waals surface area contributed by atoms with E-state index in [1.807, 2.05) is 45.9 Å². The summed E-state index contributed by atoms with van der Waals surface area (Å²) >= 11 is 0.806. The van der Waals surface area contributed by atoms with Gasteiger partial charge in [0.1, 0.15) is 6.54 Å². The maximum absolute atomic E-state index is 12.8. The lowest BCUT2D eigenvalue weighted by atomic mass is 10.1. The van der Waals surface area contributed by atoms with Crippen LogP contribution < -0.4 is 14.8 Å². The summed E-state index contributed by atoms with van der Waals surface area (Å²) in [5, 5.41) is 2.32. The number of para-hydroxylation sites is 1. The average Bonchev–Trinajstić information content (AvgIpc) is 2.99. The van der Waals surface area contributed by atoms with E-state index in [1.54, 1.807) is 24.3 Å². The zero-order valence-electron chi connectivity index (χ0n) is 18.7. The summed E-state index contributed by atoms with van der Waals surface area (Å²) in [5.74, 6) is 0.191. The van der Waals surface area contributed by atoms with Gasteiger partial charge in [-0.3, -0.25) is 19.3 Å². The van der Waals surface area contributed by atoms with Gasteiger partial charge in [-0.1, -0.05) is 24.3 Å². The van der Waals surface area contributed by atoms with E-state index >= 15 is 0 Å². The van der Waals surface area contributed by atoms with Gasteiger partial charge in [0.25, 0.3) is 11.1 Å². The van der Waals surface area contributed by atoms with E-state index in [-0.39, 0.29) is 17.6 Å². The minimum Gasteiger partial charge on any atom is -0.493 e. The largest absolute Gasteiger partial charge is 0.493 e. The Morgan fingerprint density at radius 2 is 1.81 bits per heavy atom. The Labute approximate surface area is 191 Å². The Balaban J connectivity index is 1.74. The second-order valence-electron chi connectivity index (χ2n) is 7.66. The van der Waals surface area contributed by atoms with Crippen molar-refractivity contribution in [3.8, 4) is 11.5 Å². The second kappa shape index (κ2) is 9.91. The van der Waals surface area contributed by atoms with Gasteiger partial charge >= 0.3 is 0 Å². The number of nitrogens with zero attached hydrogens (tertiary/aromatic N) is 1. The fraction of sp³-hybridized carbons (Fsp3) is 0.292. The SMILES string of the molecule is COc1cc(/C=C2\SC(=O)N(CC(=O)Nc3c(C)cccc3C)C2=O)ccc1OC(C)C. The zero-order valence-corrected chi connectivity index (χ0v) is 19.5. The van der Waals surface area contributed by atoms with Gasteiger partial charge in [0.05, 0.1) is 18.1 Å². The van der Waals surface area contributed by atoms with Crippen LogP contribution in [0.15, 0.2) is 41.3 Å². The van der Waals surface area contributed by atoms with E-state index < -0.39 is 17.1 Å². The number of imide groups is 1. The molecule has 0 radical (unpaired) electrons. The minimum absolute atomic E-state index is 0.0131. The highest BCUT2D eigenvalue weighted by molar-refractivity contribution is 8.18. The summed E-state index contributed by atoms with van der Waals surface area (Å²) in [5.41, 5.74) is 3.19. The predicted octanol–water partition coefficient (Wildman–Crippen LogP) is 4.77. The number of methoxy groups -OCH3 is 1. The maximum atomic E-state index is 12.8. The number of thioether (sulfide) groups is 1. The van der Waals surface area contributed by atoms with Gasteiger partial charge in [-0.15, -0.1) is 0 Å². The van der Waals surface area contributed by atoms with E-state index in [2.05, 4.69) is 5.32 Å². The van der Waals surface area contributed by atoms with Crippen molar-refractivity contribution in [2.75, 3.05) is 19.0 Å². The first kappa shape index (κ1) is 23.4. The van der Waals surface area contributed by atoms with Crippen molar-refractivity contribution in [2.45, 2.75) is 33.8 Å². The normalized spacial score (nSPS) is 14.9. The lowest BCUT2D eigenvalue weighted by molar-refractivity contribution is -0.127. The highest BCUT2D eigenvalue weighted by Crippen LogP contribution is 2.35. The summed E-state index contributed by atoms with van der Waals surface area (Å²) in [6.45, 7) is 7.26. The number of hydrogen-bond donors (Lipinski definition) is 1. The van der Waals surface area contributed by atoms with Crippen molar-refractivity contribution in [3.05, 3.63) is 58.0 Å². The number of rotatable bonds is 7. The van der Waals surface area contributed by atoms with Gasteiger partial charge in [-0.25, -0.2) is 0 Å². The number of carbonyl (C=O) groups is 3. The van der Waals surface area contributed by atoms with Gasteiger partial charge in [-0.05, 0) is 74.4 Å². The lowest BCUT2D eigenvalue weighted by Gasteiger charge is -2.15. The average molecular weight is 455 g/mol. The molecule has 0 unspecified atom stereocenters. The fourth-order valence-corrected chi connectivity index (χ4v) is 4.09. The number of carbonyl (C=O) groups excluding carboxylic acids is 3. The van der Waals surface area contributed by atoms with Gasteiger partial charge in [-0.2, -0.15) is 0 Å². The molecule has 0 bridgehead atoms. The van der Waals surface area contributed by atoms with Gasteiger partial charge in [0.15, 0.2) is 11.5 Å². The molecule has 1 aliphatic rings. The molecule has 8 heteroatoms. The third-order valence-electron chi connectivity index (χ3n) is 4.77. The zero-order chi connectivity index (χ0) is 23.4. The monoisotopic (exact) mass is 454 g/mol. The van der Waals surface area contributed by atoms with Crippen LogP contribution in [-0.2, 0) is 9.59 Å². The third-order valence-corrected chi connectivity index (χ3v) is 5.68. The molecule has 3 rings (SSSR count). The van der Waals surface area contributed by atoms with Crippen molar-refractivity contribution in [1.82, 2.24) is 4.90 Å². The molecular weight excluding hydrogens is 428 g/mol. The lowest BCUT2D eigenvalue weighted by Crippen LogP contribution is -2.36. The Kier molecular flexibility index (Phi) is 7.25. The summed E-state index contributed by atoms with van der Waals surface area (Å²) in [4.78, 5) is 38.9. The molecule has 1 N–H and O–H groups in total. The van der Waals surface area contributed by atoms with Crippen LogP contribution in [0.4, 0.5) is 10.5 Å². The number of aryl methyl sites for hydroxylation is 2. The van der Waals surface area contributed by atoms with Crippen molar-refractivity contribution < 1.29 is 23.9 Å². The van der Waals surface area contributed by atoms with Crippen LogP contribution in [0.5, 0.6) is 11.5 Å². The Morgan fingerprint density at radius 1 is 1.12 bits per heavy atom. The van der Waals surface area contributed by atoms with Crippen LogP contribution in [-0.4, -0.2) is 41.7 Å². The maximum Gasteiger partial charge on any atom is 0.294 e. The molecule has 1 heterocycles. The number of hydrogen-bond acceptors (Lipinski definition) is 6. The molecule has 32 heavy (non-hydrogen) atoms. The molecule has 7 nitrogen and oxygen atoms in total. The second-order valence-corrected chi connectivity index (χ2v) is 8.65. The van der Waals surface area contributed by atoms with Crippen LogP contribution in [0, 0.1) is 13.8 Å². The molecule has 1 aliphatic heterocycles. The molecule has 2 aromatic carbocycles. The van der Waals surface area contributed by atoms with E-state index in [1.165, 1.54) is 7.11 Å². The molecule has 0 aliphatic carbocycles. The molecule has 3 amide bonds. The summed E-state index contributed by atoms with van der Waals surface area (Å²) in [6, 6.07) is 10.9. The van der Waals surface area contributed by atoms with Crippen LogP contribution in [0.2, 0.25) is 0 Å². The third kappa shape index (κ3) is 5.31. The van der Waals surface area contributed by atoms with E-state index in [9.17, 15) is 14.4 Å². The van der Waals surface area contributed by atoms with Crippen LogP contribution in [0.25, 0.3) is 6.08 Å². The summed E-state index contributed by atoms with van der Waals surface area (Å²) < 4.78 is 11.1. The Bertz CT molecular complexity index is 1070. The molecule has 0 spiro atoms. The number of nitrogens with one attached hydrogen (secondary N) is 1. The van der Waals surface area contributed by atoms with Crippen molar-refractivity contribution in [2.24, 2.45) is 0 Å². The number of benzene rings is 2. The van der Waals surface area contributed by atoms with Gasteiger partial charge in [0.2, 0.25) is 5.91 Å². The summed E-state index contributed by atoms with van der Waals surface area (Å²) in [6.07, 6.45) is 1.59. The van der Waals surface area contributed by atoms with E-state index in [0.29, 0.717) is 22.7 Å². The molecule has 1 fully saturated rings. The molecular formula is C24H26N2O5S. The van der Waals surface area contributed by atoms with E-state index in [0.717, 1.165) is 27.8 Å². The first-order chi connectivity index (χ1) is 15.2. The van der Waals surface area contributed by atoms with Crippen LogP contribution in [0.3, 0.4) is 0 Å². The van der Waals surface area contributed by atoms with Gasteiger partial charge < -0.3 is 14.8 Å². The topological polar surface area (TPSA) is 84.9 Å². The molecule has 0 atom stereocenters. The van der Waals surface area contributed by atoms with Crippen molar-refractivity contribution >= 4 is 40.6 Å². The highest BCUT2D eigenvalue weighted by Gasteiger charge is 2.36. The molecule has 0 saturated carbocycles. The minimum atomic E-state index is -0.502. The van der Waals surface area contributed by atoms with Crippen LogP contribution >= 0.6 is 11.8 Å². The smallest absolute Gasteiger partial charge is 0.294 e. The molecule has 1 saturated heterocycles. The number of anilines is 1. The highest BCUT2D eigenvalue weighted by atomic mass is 32.2. The standard InChI is InChI=1S/C24H26N2O5S/c1-14(2)31-18-10-9-17(11-19(18)30-5)12-20-23(28)26(24(29)32-20)13-21(27)25-22-15(3)7-6-8-16(22)4/h6-12,14H,13H2,1-5H3,(H,25,27)/b20-12-.